The van der Waals surface area contributed by atoms with Crippen LogP contribution < -0.4 is 0 Å². The minimum absolute atomic E-state index is 0.132. The number of ketones is 1. The predicted octanol–water partition coefficient (Wildman–Crippen LogP) is 1.32. The molecule has 4 bridgehead atoms. The van der Waals surface area contributed by atoms with Gasteiger partial charge in [-0.1, -0.05) is 20.8 Å². The van der Waals surface area contributed by atoms with Crippen LogP contribution >= 0.6 is 0 Å². The molecule has 0 spiro atoms. The smallest absolute Gasteiger partial charge is 0.311 e. The third-order valence-corrected chi connectivity index (χ3v) is 5.59. The molecule has 0 saturated heterocycles. The summed E-state index contributed by atoms with van der Waals surface area (Å²) in [4.78, 5) is 23.3. The first-order valence-electron chi connectivity index (χ1n) is 5.09. The van der Waals surface area contributed by atoms with Gasteiger partial charge in [0.15, 0.2) is 0 Å². The summed E-state index contributed by atoms with van der Waals surface area (Å²) in [6.07, 6.45) is 0.788. The minimum atomic E-state index is -0.757. The highest BCUT2D eigenvalue weighted by atomic mass is 16.4. The summed E-state index contributed by atoms with van der Waals surface area (Å²) < 4.78 is 0. The number of carboxylic acids is 1. The van der Waals surface area contributed by atoms with Crippen molar-refractivity contribution in [1.82, 2.24) is 0 Å². The van der Waals surface area contributed by atoms with Crippen molar-refractivity contribution < 1.29 is 14.7 Å². The zero-order valence-electron chi connectivity index (χ0n) is 8.63. The standard InChI is InChI=1S/C11H14O3/c1-9(2)10(3)4-5-6(7(10)12)11(5,9)8(13)14/h5-6H,4H2,1-3H3,(H,13,14)/t5-,6-,10-,11+/m0/s1. The van der Waals surface area contributed by atoms with Crippen molar-refractivity contribution in [2.45, 2.75) is 27.2 Å². The van der Waals surface area contributed by atoms with Crippen molar-refractivity contribution in [3.05, 3.63) is 0 Å². The number of aliphatic carboxylic acids is 1. The van der Waals surface area contributed by atoms with E-state index in [0.29, 0.717) is 0 Å². The van der Waals surface area contributed by atoms with Gasteiger partial charge in [0.2, 0.25) is 0 Å². The first kappa shape index (κ1) is 8.45. The first-order chi connectivity index (χ1) is 6.32. The second-order valence-corrected chi connectivity index (χ2v) is 5.78. The number of carbonyl (C=O) groups is 2. The number of Topliss-reactive ketones (excluding diaryl/α,β-unsaturated/α-hetero) is 1. The van der Waals surface area contributed by atoms with E-state index in [1.165, 1.54) is 0 Å². The normalized spacial score (nSPS) is 56.4. The highest BCUT2D eigenvalue weighted by Gasteiger charge is 2.94. The topological polar surface area (TPSA) is 54.4 Å². The molecule has 14 heavy (non-hydrogen) atoms. The van der Waals surface area contributed by atoms with E-state index in [9.17, 15) is 14.7 Å². The van der Waals surface area contributed by atoms with Gasteiger partial charge in [0.05, 0.1) is 5.41 Å². The molecule has 0 aliphatic heterocycles. The van der Waals surface area contributed by atoms with E-state index in [1.807, 2.05) is 20.8 Å². The lowest BCUT2D eigenvalue weighted by atomic mass is 9.66. The molecule has 0 aromatic carbocycles. The average Bonchev–Trinajstić information content (AvgIpc) is 2.53. The van der Waals surface area contributed by atoms with Gasteiger partial charge in [-0.15, -0.1) is 0 Å². The molecule has 4 fully saturated rings. The Morgan fingerprint density at radius 2 is 2.00 bits per heavy atom. The van der Waals surface area contributed by atoms with Crippen LogP contribution in [0.5, 0.6) is 0 Å². The molecule has 4 atom stereocenters. The van der Waals surface area contributed by atoms with Crippen molar-refractivity contribution >= 4 is 11.8 Å². The van der Waals surface area contributed by atoms with E-state index < -0.39 is 11.4 Å². The molecule has 4 saturated carbocycles. The fraction of sp³-hybridized carbons (Fsp3) is 0.818. The average molecular weight is 194 g/mol. The van der Waals surface area contributed by atoms with Crippen LogP contribution in [-0.4, -0.2) is 16.9 Å². The van der Waals surface area contributed by atoms with Crippen LogP contribution in [0.3, 0.4) is 0 Å². The van der Waals surface area contributed by atoms with Gasteiger partial charge in [-0.05, 0) is 17.8 Å². The minimum Gasteiger partial charge on any atom is -0.481 e. The molecular weight excluding hydrogens is 180 g/mol. The molecular formula is C11H14O3. The molecule has 4 aliphatic carbocycles. The van der Waals surface area contributed by atoms with Gasteiger partial charge in [-0.25, -0.2) is 0 Å². The second kappa shape index (κ2) is 1.66. The van der Waals surface area contributed by atoms with Gasteiger partial charge in [-0.2, -0.15) is 0 Å². The number of carbonyl (C=O) groups excluding carboxylic acids is 1. The monoisotopic (exact) mass is 194 g/mol. The van der Waals surface area contributed by atoms with Crippen molar-refractivity contribution in [3.8, 4) is 0 Å². The Morgan fingerprint density at radius 3 is 2.14 bits per heavy atom. The summed E-state index contributed by atoms with van der Waals surface area (Å²) >= 11 is 0. The number of rotatable bonds is 1. The predicted molar refractivity (Wildman–Crippen MR) is 48.6 cm³/mol. The Labute approximate surface area is 82.5 Å². The van der Waals surface area contributed by atoms with E-state index in [-0.39, 0.29) is 28.4 Å². The van der Waals surface area contributed by atoms with Gasteiger partial charge >= 0.3 is 5.97 Å². The Balaban J connectivity index is 2.26. The maximum Gasteiger partial charge on any atom is 0.311 e. The molecule has 76 valence electrons. The van der Waals surface area contributed by atoms with Crippen LogP contribution in [-0.2, 0) is 9.59 Å². The van der Waals surface area contributed by atoms with Gasteiger partial charge in [0, 0.05) is 11.3 Å². The lowest BCUT2D eigenvalue weighted by Gasteiger charge is -2.35. The van der Waals surface area contributed by atoms with E-state index >= 15 is 0 Å². The maximum absolute atomic E-state index is 12.0. The molecule has 0 amide bonds. The van der Waals surface area contributed by atoms with Gasteiger partial charge < -0.3 is 5.11 Å². The van der Waals surface area contributed by atoms with Gasteiger partial charge in [0.25, 0.3) is 0 Å². The fourth-order valence-corrected chi connectivity index (χ4v) is 4.44. The molecule has 0 unspecified atom stereocenters. The van der Waals surface area contributed by atoms with E-state index in [1.54, 1.807) is 0 Å². The van der Waals surface area contributed by atoms with Gasteiger partial charge in [-0.3, -0.25) is 9.59 Å². The van der Waals surface area contributed by atoms with Crippen LogP contribution in [0.1, 0.15) is 27.2 Å². The molecule has 0 radical (unpaired) electrons. The maximum atomic E-state index is 12.0. The van der Waals surface area contributed by atoms with Gasteiger partial charge in [0.1, 0.15) is 5.78 Å². The molecule has 1 N–H and O–H groups in total. The third-order valence-electron chi connectivity index (χ3n) is 5.59. The van der Waals surface area contributed by atoms with Crippen molar-refractivity contribution in [3.63, 3.8) is 0 Å². The fourth-order valence-electron chi connectivity index (χ4n) is 4.44. The summed E-state index contributed by atoms with van der Waals surface area (Å²) in [5.74, 6) is -0.588. The largest absolute Gasteiger partial charge is 0.481 e. The highest BCUT2D eigenvalue weighted by Crippen LogP contribution is 2.88. The molecule has 0 aromatic rings. The summed E-state index contributed by atoms with van der Waals surface area (Å²) in [7, 11) is 0. The zero-order chi connectivity index (χ0) is 10.5. The SMILES string of the molecule is CC1(C)[C@@]2(C(=O)O)[C@@H]3C(=O)[C@]1(C)C[C@@H]32. The Kier molecular flexibility index (Phi) is 1.00. The van der Waals surface area contributed by atoms with E-state index in [2.05, 4.69) is 0 Å². The van der Waals surface area contributed by atoms with Crippen LogP contribution in [0.4, 0.5) is 0 Å². The Hall–Kier alpha value is -0.860. The van der Waals surface area contributed by atoms with Crippen LogP contribution in [0.15, 0.2) is 0 Å². The first-order valence-corrected chi connectivity index (χ1v) is 5.09. The second-order valence-electron chi connectivity index (χ2n) is 5.78. The molecule has 0 aromatic heterocycles. The van der Waals surface area contributed by atoms with E-state index in [4.69, 9.17) is 0 Å². The van der Waals surface area contributed by atoms with E-state index in [0.717, 1.165) is 6.42 Å². The summed E-state index contributed by atoms with van der Waals surface area (Å²) in [6.45, 7) is 5.85. The molecule has 4 aliphatic rings. The lowest BCUT2D eigenvalue weighted by molar-refractivity contribution is -0.148. The van der Waals surface area contributed by atoms with Crippen LogP contribution in [0.25, 0.3) is 0 Å². The summed E-state index contributed by atoms with van der Waals surface area (Å²) in [6, 6.07) is 0. The lowest BCUT2D eigenvalue weighted by Crippen LogP contribution is -2.38. The van der Waals surface area contributed by atoms with Crippen LogP contribution in [0.2, 0.25) is 0 Å². The number of hydrogen-bond acceptors (Lipinski definition) is 2. The molecule has 3 nitrogen and oxygen atoms in total. The van der Waals surface area contributed by atoms with Crippen molar-refractivity contribution in [1.29, 1.82) is 0 Å². The highest BCUT2D eigenvalue weighted by molar-refractivity contribution is 6.06. The number of hydrogen-bond donors (Lipinski definition) is 1. The zero-order valence-corrected chi connectivity index (χ0v) is 8.63. The summed E-state index contributed by atoms with van der Waals surface area (Å²) in [5.41, 5.74) is -1.45. The van der Waals surface area contributed by atoms with Crippen molar-refractivity contribution in [2.75, 3.05) is 0 Å². The molecule has 0 heterocycles. The van der Waals surface area contributed by atoms with Crippen molar-refractivity contribution in [2.24, 2.45) is 28.1 Å². The molecule has 3 heteroatoms. The quantitative estimate of drug-likeness (QED) is 0.685. The Bertz CT molecular complexity index is 384. The molecule has 4 rings (SSSR count). The summed E-state index contributed by atoms with van der Waals surface area (Å²) in [5, 5.41) is 9.33. The Morgan fingerprint density at radius 1 is 1.43 bits per heavy atom. The third kappa shape index (κ3) is 0.421. The number of carboxylic acid groups (broad SMARTS) is 1. The van der Waals surface area contributed by atoms with Crippen LogP contribution in [0, 0.1) is 28.1 Å².